The van der Waals surface area contributed by atoms with Gasteiger partial charge in [-0.1, -0.05) is 5.92 Å². The van der Waals surface area contributed by atoms with Crippen molar-refractivity contribution in [3.8, 4) is 12.3 Å². The summed E-state index contributed by atoms with van der Waals surface area (Å²) in [7, 11) is -0.730. The van der Waals surface area contributed by atoms with Gasteiger partial charge in [0, 0.05) is 28.9 Å². The Morgan fingerprint density at radius 3 is 2.80 bits per heavy atom. The molecule has 2 unspecified atom stereocenters. The minimum Gasteiger partial charge on any atom is -0.303 e. The summed E-state index contributed by atoms with van der Waals surface area (Å²) >= 11 is 0. The van der Waals surface area contributed by atoms with Crippen molar-refractivity contribution in [3.63, 3.8) is 0 Å². The summed E-state index contributed by atoms with van der Waals surface area (Å²) in [6, 6.07) is 0.252. The number of hydrogen-bond acceptors (Lipinski definition) is 2. The fourth-order valence-electron chi connectivity index (χ4n) is 0.644. The zero-order chi connectivity index (χ0) is 7.98. The molecule has 0 spiro atoms. The Balaban J connectivity index is 3.36. The van der Waals surface area contributed by atoms with Crippen LogP contribution >= 0.6 is 0 Å². The highest BCUT2D eigenvalue weighted by molar-refractivity contribution is 7.84. The van der Waals surface area contributed by atoms with E-state index in [1.54, 1.807) is 6.26 Å². The maximum absolute atomic E-state index is 10.6. The van der Waals surface area contributed by atoms with Gasteiger partial charge in [-0.3, -0.25) is 4.21 Å². The quantitative estimate of drug-likeness (QED) is 0.584. The molecule has 0 aliphatic carbocycles. The Morgan fingerprint density at radius 2 is 2.40 bits per heavy atom. The van der Waals surface area contributed by atoms with Crippen LogP contribution in [0.3, 0.4) is 0 Å². The van der Waals surface area contributed by atoms with Crippen LogP contribution in [-0.4, -0.2) is 28.8 Å². The van der Waals surface area contributed by atoms with Gasteiger partial charge in [0.2, 0.25) is 0 Å². The van der Waals surface area contributed by atoms with Gasteiger partial charge in [-0.2, -0.15) is 0 Å². The van der Waals surface area contributed by atoms with Crippen LogP contribution in [0.5, 0.6) is 0 Å². The number of rotatable bonds is 4. The van der Waals surface area contributed by atoms with Gasteiger partial charge in [0.15, 0.2) is 0 Å². The molecule has 3 heteroatoms. The molecule has 2 atom stereocenters. The van der Waals surface area contributed by atoms with Crippen molar-refractivity contribution in [3.05, 3.63) is 0 Å². The molecule has 0 aromatic rings. The summed E-state index contributed by atoms with van der Waals surface area (Å²) < 4.78 is 10.6. The second-order valence-corrected chi connectivity index (χ2v) is 3.71. The van der Waals surface area contributed by atoms with Crippen LogP contribution in [0.1, 0.15) is 6.92 Å². The lowest BCUT2D eigenvalue weighted by molar-refractivity contribution is 0.629. The highest BCUT2D eigenvalue weighted by Crippen LogP contribution is 1.83. The van der Waals surface area contributed by atoms with Crippen molar-refractivity contribution in [1.29, 1.82) is 0 Å². The fraction of sp³-hybridized carbons (Fsp3) is 0.714. The Morgan fingerprint density at radius 1 is 1.80 bits per heavy atom. The van der Waals surface area contributed by atoms with Gasteiger partial charge in [0.25, 0.3) is 0 Å². The SMILES string of the molecule is C#CCNC(C)CS(C)=O. The lowest BCUT2D eigenvalue weighted by Gasteiger charge is -2.08. The van der Waals surface area contributed by atoms with Gasteiger partial charge in [-0.05, 0) is 6.92 Å². The van der Waals surface area contributed by atoms with Gasteiger partial charge in [0.05, 0.1) is 6.54 Å². The average Bonchev–Trinajstić information content (AvgIpc) is 1.82. The molecule has 0 aromatic carbocycles. The molecule has 0 fully saturated rings. The second kappa shape index (κ2) is 5.45. The normalized spacial score (nSPS) is 15.7. The summed E-state index contributed by atoms with van der Waals surface area (Å²) in [6.07, 6.45) is 6.71. The Kier molecular flexibility index (Phi) is 5.27. The Bertz CT molecular complexity index is 150. The molecular weight excluding hydrogens is 146 g/mol. The molecule has 0 bridgehead atoms. The highest BCUT2D eigenvalue weighted by Gasteiger charge is 2.00. The molecule has 2 nitrogen and oxygen atoms in total. The monoisotopic (exact) mass is 159 g/mol. The summed E-state index contributed by atoms with van der Waals surface area (Å²) in [5, 5.41) is 3.03. The van der Waals surface area contributed by atoms with Crippen molar-refractivity contribution >= 4 is 10.8 Å². The zero-order valence-corrected chi connectivity index (χ0v) is 7.20. The number of nitrogens with one attached hydrogen (secondary N) is 1. The van der Waals surface area contributed by atoms with Crippen molar-refractivity contribution in [1.82, 2.24) is 5.32 Å². The van der Waals surface area contributed by atoms with Gasteiger partial charge >= 0.3 is 0 Å². The van der Waals surface area contributed by atoms with Crippen LogP contribution in [-0.2, 0) is 10.8 Å². The van der Waals surface area contributed by atoms with Crippen LogP contribution in [0, 0.1) is 12.3 Å². The van der Waals surface area contributed by atoms with Crippen molar-refractivity contribution in [2.24, 2.45) is 0 Å². The molecule has 10 heavy (non-hydrogen) atoms. The van der Waals surface area contributed by atoms with E-state index in [9.17, 15) is 4.21 Å². The van der Waals surface area contributed by atoms with E-state index < -0.39 is 10.8 Å². The number of hydrogen-bond donors (Lipinski definition) is 1. The predicted octanol–water partition coefficient (Wildman–Crippen LogP) is -0.0238. The van der Waals surface area contributed by atoms with Crippen LogP contribution in [0.15, 0.2) is 0 Å². The van der Waals surface area contributed by atoms with Gasteiger partial charge in [0.1, 0.15) is 0 Å². The molecule has 0 rings (SSSR count). The minimum atomic E-state index is -0.730. The average molecular weight is 159 g/mol. The first-order valence-corrected chi connectivity index (χ1v) is 4.86. The maximum Gasteiger partial charge on any atom is 0.0576 e. The molecule has 0 saturated heterocycles. The lowest BCUT2D eigenvalue weighted by atomic mass is 10.4. The number of terminal acetylenes is 1. The Labute approximate surface area is 64.9 Å². The second-order valence-electron chi connectivity index (χ2n) is 2.23. The first-order chi connectivity index (χ1) is 4.66. The van der Waals surface area contributed by atoms with E-state index in [0.29, 0.717) is 12.3 Å². The molecule has 0 saturated carbocycles. The largest absolute Gasteiger partial charge is 0.303 e. The molecule has 0 aliphatic rings. The van der Waals surface area contributed by atoms with Crippen LogP contribution in [0.4, 0.5) is 0 Å². The Hall–Kier alpha value is -0.330. The van der Waals surface area contributed by atoms with Gasteiger partial charge in [-0.15, -0.1) is 6.42 Å². The predicted molar refractivity (Wildman–Crippen MR) is 45.2 cm³/mol. The molecule has 0 aromatic heterocycles. The fourth-order valence-corrected chi connectivity index (χ4v) is 1.47. The molecular formula is C7H13NOS. The van der Waals surface area contributed by atoms with Crippen LogP contribution in [0.25, 0.3) is 0 Å². The third kappa shape index (κ3) is 5.80. The van der Waals surface area contributed by atoms with E-state index in [1.165, 1.54) is 0 Å². The third-order valence-corrected chi connectivity index (χ3v) is 2.01. The summed E-state index contributed by atoms with van der Waals surface area (Å²) in [5.74, 6) is 3.13. The van der Waals surface area contributed by atoms with Crippen molar-refractivity contribution in [2.75, 3.05) is 18.6 Å². The molecule has 58 valence electrons. The van der Waals surface area contributed by atoms with E-state index in [4.69, 9.17) is 6.42 Å². The first kappa shape index (κ1) is 9.67. The smallest absolute Gasteiger partial charge is 0.0576 e. The van der Waals surface area contributed by atoms with Crippen LogP contribution < -0.4 is 5.32 Å². The summed E-state index contributed by atoms with van der Waals surface area (Å²) in [5.41, 5.74) is 0. The van der Waals surface area contributed by atoms with E-state index in [0.717, 1.165) is 0 Å². The summed E-state index contributed by atoms with van der Waals surface area (Å²) in [4.78, 5) is 0. The lowest BCUT2D eigenvalue weighted by Crippen LogP contribution is -2.31. The molecule has 0 heterocycles. The third-order valence-electron chi connectivity index (χ3n) is 1.04. The minimum absolute atomic E-state index is 0.252. The molecule has 0 aliphatic heterocycles. The molecule has 1 N–H and O–H groups in total. The topological polar surface area (TPSA) is 29.1 Å². The van der Waals surface area contributed by atoms with Gasteiger partial charge in [-0.25, -0.2) is 0 Å². The summed E-state index contributed by atoms with van der Waals surface area (Å²) in [6.45, 7) is 2.52. The first-order valence-electron chi connectivity index (χ1n) is 3.13. The standard InChI is InChI=1S/C7H13NOS/c1-4-5-8-7(2)6-10(3)9/h1,7-8H,5-6H2,2-3H3. The van der Waals surface area contributed by atoms with Crippen LogP contribution in [0.2, 0.25) is 0 Å². The zero-order valence-electron chi connectivity index (χ0n) is 6.39. The van der Waals surface area contributed by atoms with Crippen molar-refractivity contribution < 1.29 is 4.21 Å². The van der Waals surface area contributed by atoms with Gasteiger partial charge < -0.3 is 5.32 Å². The van der Waals surface area contributed by atoms with E-state index in [1.807, 2.05) is 6.92 Å². The highest BCUT2D eigenvalue weighted by atomic mass is 32.2. The van der Waals surface area contributed by atoms with Crippen molar-refractivity contribution in [2.45, 2.75) is 13.0 Å². The molecule has 0 radical (unpaired) electrons. The molecule has 0 amide bonds. The van der Waals surface area contributed by atoms with E-state index in [2.05, 4.69) is 11.2 Å². The van der Waals surface area contributed by atoms with E-state index >= 15 is 0 Å². The van der Waals surface area contributed by atoms with E-state index in [-0.39, 0.29) is 6.04 Å². The maximum atomic E-state index is 10.6.